The lowest BCUT2D eigenvalue weighted by atomic mass is 10.1. The van der Waals surface area contributed by atoms with Crippen molar-refractivity contribution >= 4 is 17.6 Å². The first-order valence-corrected chi connectivity index (χ1v) is 7.37. The lowest BCUT2D eigenvalue weighted by Gasteiger charge is -2.09. The van der Waals surface area contributed by atoms with Crippen LogP contribution in [0.4, 0.5) is 5.69 Å². The van der Waals surface area contributed by atoms with Gasteiger partial charge in [0.1, 0.15) is 5.75 Å². The summed E-state index contributed by atoms with van der Waals surface area (Å²) in [6.07, 6.45) is 0. The van der Waals surface area contributed by atoms with Crippen LogP contribution in [-0.2, 0) is 22.7 Å². The fraction of sp³-hybridized carbons (Fsp3) is 0.176. The average molecular weight is 362 g/mol. The van der Waals surface area contributed by atoms with Gasteiger partial charge < -0.3 is 20.3 Å². The summed E-state index contributed by atoms with van der Waals surface area (Å²) in [5, 5.41) is 28.7. The first kappa shape index (κ1) is 20.6. The van der Waals surface area contributed by atoms with Gasteiger partial charge in [-0.15, -0.1) is 0 Å². The highest BCUT2D eigenvalue weighted by Gasteiger charge is 2.06. The number of nitrogens with one attached hydrogen (secondary N) is 1. The summed E-state index contributed by atoms with van der Waals surface area (Å²) < 4.78 is 5.27. The zero-order chi connectivity index (χ0) is 19.5. The van der Waals surface area contributed by atoms with Gasteiger partial charge in [0.05, 0.1) is 12.0 Å². The van der Waals surface area contributed by atoms with Crippen LogP contribution in [0.15, 0.2) is 48.5 Å². The third kappa shape index (κ3) is 6.97. The smallest absolute Gasteiger partial charge is 0.414 e. The molecule has 9 nitrogen and oxygen atoms in total. The molecule has 9 heteroatoms. The summed E-state index contributed by atoms with van der Waals surface area (Å²) in [7, 11) is 1.64. The van der Waals surface area contributed by atoms with Crippen molar-refractivity contribution in [1.29, 1.82) is 0 Å². The van der Waals surface area contributed by atoms with Crippen LogP contribution in [0.25, 0.3) is 0 Å². The standard InChI is InChI=1S/C15H16N2O3.C2H2O4/c1-20-15-8-3-2-6-13(15)11-16-10-12-5-4-7-14(9-12)17(18)19;3-1(4)2(5)6/h2-9,16H,10-11H2,1H3;(H,3,4)(H,5,6). The zero-order valence-corrected chi connectivity index (χ0v) is 13.9. The van der Waals surface area contributed by atoms with Crippen molar-refractivity contribution in [2.45, 2.75) is 13.1 Å². The summed E-state index contributed by atoms with van der Waals surface area (Å²) in [4.78, 5) is 28.5. The van der Waals surface area contributed by atoms with Gasteiger partial charge in [0, 0.05) is 30.8 Å². The van der Waals surface area contributed by atoms with E-state index < -0.39 is 11.9 Å². The van der Waals surface area contributed by atoms with Crippen LogP contribution in [0, 0.1) is 10.1 Å². The van der Waals surface area contributed by atoms with Crippen LogP contribution in [0.1, 0.15) is 11.1 Å². The second-order valence-electron chi connectivity index (χ2n) is 4.95. The van der Waals surface area contributed by atoms with E-state index in [1.165, 1.54) is 6.07 Å². The third-order valence-electron chi connectivity index (χ3n) is 3.14. The number of hydrogen-bond donors (Lipinski definition) is 3. The lowest BCUT2D eigenvalue weighted by Crippen LogP contribution is -2.13. The van der Waals surface area contributed by atoms with E-state index in [9.17, 15) is 10.1 Å². The Kier molecular flexibility index (Phi) is 8.24. The molecule has 0 aliphatic carbocycles. The number of methoxy groups -OCH3 is 1. The van der Waals surface area contributed by atoms with Crippen molar-refractivity contribution in [3.63, 3.8) is 0 Å². The fourth-order valence-electron chi connectivity index (χ4n) is 1.97. The molecule has 0 aliphatic heterocycles. The molecule has 26 heavy (non-hydrogen) atoms. The van der Waals surface area contributed by atoms with E-state index in [-0.39, 0.29) is 10.6 Å². The highest BCUT2D eigenvalue weighted by atomic mass is 16.6. The van der Waals surface area contributed by atoms with Crippen molar-refractivity contribution in [3.8, 4) is 5.75 Å². The number of carboxylic acids is 2. The summed E-state index contributed by atoms with van der Waals surface area (Å²) in [6, 6.07) is 14.4. The maximum absolute atomic E-state index is 10.7. The van der Waals surface area contributed by atoms with Crippen LogP contribution >= 0.6 is 0 Å². The Hall–Kier alpha value is -3.46. The minimum absolute atomic E-state index is 0.113. The van der Waals surface area contributed by atoms with Gasteiger partial charge in [0.2, 0.25) is 0 Å². The van der Waals surface area contributed by atoms with Crippen molar-refractivity contribution in [2.24, 2.45) is 0 Å². The number of nitro groups is 1. The predicted octanol–water partition coefficient (Wildman–Crippen LogP) is 2.05. The van der Waals surface area contributed by atoms with Crippen molar-refractivity contribution in [1.82, 2.24) is 5.32 Å². The van der Waals surface area contributed by atoms with Gasteiger partial charge in [-0.25, -0.2) is 9.59 Å². The molecule has 0 amide bonds. The van der Waals surface area contributed by atoms with E-state index in [4.69, 9.17) is 24.5 Å². The Morgan fingerprint density at radius 2 is 1.73 bits per heavy atom. The van der Waals surface area contributed by atoms with Crippen molar-refractivity contribution in [2.75, 3.05) is 7.11 Å². The molecule has 2 aromatic carbocycles. The monoisotopic (exact) mass is 362 g/mol. The molecule has 0 fully saturated rings. The van der Waals surface area contributed by atoms with Crippen LogP contribution in [0.2, 0.25) is 0 Å². The van der Waals surface area contributed by atoms with E-state index in [1.54, 1.807) is 19.2 Å². The number of carbonyl (C=O) groups is 2. The molecule has 0 atom stereocenters. The number of aliphatic carboxylic acids is 2. The molecule has 3 N–H and O–H groups in total. The van der Waals surface area contributed by atoms with Gasteiger partial charge >= 0.3 is 11.9 Å². The molecular formula is C17H18N2O7. The number of nitro benzene ring substituents is 1. The molecule has 0 aromatic heterocycles. The Labute approximate surface area is 149 Å². The summed E-state index contributed by atoms with van der Waals surface area (Å²) >= 11 is 0. The van der Waals surface area contributed by atoms with Gasteiger partial charge in [-0.3, -0.25) is 10.1 Å². The number of ether oxygens (including phenoxy) is 1. The van der Waals surface area contributed by atoms with Crippen LogP contribution in [-0.4, -0.2) is 34.2 Å². The van der Waals surface area contributed by atoms with Gasteiger partial charge in [0.25, 0.3) is 5.69 Å². The second-order valence-corrected chi connectivity index (χ2v) is 4.95. The average Bonchev–Trinajstić information content (AvgIpc) is 2.62. The van der Waals surface area contributed by atoms with Gasteiger partial charge in [-0.2, -0.15) is 0 Å². The molecule has 138 valence electrons. The first-order chi connectivity index (χ1) is 12.3. The molecule has 0 radical (unpaired) electrons. The Morgan fingerprint density at radius 1 is 1.08 bits per heavy atom. The van der Waals surface area contributed by atoms with Gasteiger partial charge in [-0.1, -0.05) is 30.3 Å². The Morgan fingerprint density at radius 3 is 2.31 bits per heavy atom. The number of nitrogens with zero attached hydrogens (tertiary/aromatic N) is 1. The van der Waals surface area contributed by atoms with Crippen LogP contribution < -0.4 is 10.1 Å². The number of carboxylic acid groups (broad SMARTS) is 2. The van der Waals surface area contributed by atoms with Crippen LogP contribution in [0.3, 0.4) is 0 Å². The number of non-ortho nitro benzene ring substituents is 1. The van der Waals surface area contributed by atoms with Crippen molar-refractivity contribution < 1.29 is 29.5 Å². The van der Waals surface area contributed by atoms with E-state index in [1.807, 2.05) is 30.3 Å². The molecule has 0 unspecified atom stereocenters. The molecule has 2 rings (SSSR count). The van der Waals surface area contributed by atoms with Crippen LogP contribution in [0.5, 0.6) is 5.75 Å². The molecule has 0 saturated carbocycles. The summed E-state index contributed by atoms with van der Waals surface area (Å²) in [6.45, 7) is 1.21. The molecule has 2 aromatic rings. The summed E-state index contributed by atoms with van der Waals surface area (Å²) in [5.41, 5.74) is 2.05. The number of para-hydroxylation sites is 1. The molecule has 0 heterocycles. The molecule has 0 bridgehead atoms. The van der Waals surface area contributed by atoms with Crippen molar-refractivity contribution in [3.05, 3.63) is 69.8 Å². The number of benzene rings is 2. The molecule has 0 aliphatic rings. The molecule has 0 saturated heterocycles. The fourth-order valence-corrected chi connectivity index (χ4v) is 1.97. The maximum Gasteiger partial charge on any atom is 0.414 e. The number of hydrogen-bond acceptors (Lipinski definition) is 6. The van der Waals surface area contributed by atoms with Gasteiger partial charge in [0.15, 0.2) is 0 Å². The van der Waals surface area contributed by atoms with Gasteiger partial charge in [-0.05, 0) is 11.6 Å². The third-order valence-corrected chi connectivity index (χ3v) is 3.14. The Bertz CT molecular complexity index is 765. The Balaban J connectivity index is 0.000000487. The zero-order valence-electron chi connectivity index (χ0n) is 13.9. The molecule has 0 spiro atoms. The summed E-state index contributed by atoms with van der Waals surface area (Å²) in [5.74, 6) is -2.82. The highest BCUT2D eigenvalue weighted by molar-refractivity contribution is 6.27. The maximum atomic E-state index is 10.7. The second kappa shape index (κ2) is 10.4. The quantitative estimate of drug-likeness (QED) is 0.403. The predicted molar refractivity (Wildman–Crippen MR) is 91.9 cm³/mol. The van der Waals surface area contributed by atoms with E-state index in [2.05, 4.69) is 5.32 Å². The first-order valence-electron chi connectivity index (χ1n) is 7.37. The SMILES string of the molecule is COc1ccccc1CNCc1cccc([N+](=O)[O-])c1.O=C(O)C(=O)O. The highest BCUT2D eigenvalue weighted by Crippen LogP contribution is 2.17. The van der Waals surface area contributed by atoms with E-state index in [0.717, 1.165) is 16.9 Å². The number of rotatable bonds is 6. The van der Waals surface area contributed by atoms with E-state index in [0.29, 0.717) is 13.1 Å². The lowest BCUT2D eigenvalue weighted by molar-refractivity contribution is -0.384. The molecular weight excluding hydrogens is 344 g/mol. The van der Waals surface area contributed by atoms with E-state index >= 15 is 0 Å². The minimum atomic E-state index is -1.82. The largest absolute Gasteiger partial charge is 0.496 e. The topological polar surface area (TPSA) is 139 Å². The minimum Gasteiger partial charge on any atom is -0.496 e. The normalized spacial score (nSPS) is 9.58.